The summed E-state index contributed by atoms with van der Waals surface area (Å²) in [6.45, 7) is 0.602. The Morgan fingerprint density at radius 3 is 2.72 bits per heavy atom. The fourth-order valence-corrected chi connectivity index (χ4v) is 4.48. The number of nitrogens with zero attached hydrogens (tertiary/aromatic N) is 3. The Hall–Kier alpha value is -3.17. The Balaban J connectivity index is 1.37. The van der Waals surface area contributed by atoms with E-state index in [1.54, 1.807) is 21.6 Å². The highest BCUT2D eigenvalue weighted by Gasteiger charge is 2.24. The van der Waals surface area contributed by atoms with Crippen LogP contribution in [-0.2, 0) is 35.7 Å². The highest BCUT2D eigenvalue weighted by atomic mass is 32.2. The van der Waals surface area contributed by atoms with E-state index in [0.717, 1.165) is 23.2 Å². The third kappa shape index (κ3) is 5.00. The number of amides is 2. The van der Waals surface area contributed by atoms with E-state index in [-0.39, 0.29) is 43.1 Å². The standard InChI is InChI=1S/C23H23FN4O3S/c24-18-7-5-16(6-8-18)11-25-21(30)13-28-19(14-29)12-26-23(28)32-15-22(31)27-10-9-17-3-1-2-4-20(17)27/h1-8,12,29H,9-11,13-15H2,(H,25,30). The van der Waals surface area contributed by atoms with Crippen molar-refractivity contribution < 1.29 is 19.1 Å². The lowest BCUT2D eigenvalue weighted by Gasteiger charge is -2.17. The Bertz CT molecular complexity index is 1120. The highest BCUT2D eigenvalue weighted by molar-refractivity contribution is 7.99. The number of benzene rings is 2. The number of aliphatic hydroxyl groups excluding tert-OH is 1. The van der Waals surface area contributed by atoms with Crippen LogP contribution in [0.1, 0.15) is 16.8 Å². The molecule has 4 rings (SSSR count). The maximum absolute atomic E-state index is 13.0. The van der Waals surface area contributed by atoms with E-state index in [4.69, 9.17) is 0 Å². The normalized spacial score (nSPS) is 12.6. The second-order valence-electron chi connectivity index (χ2n) is 7.39. The first-order valence-electron chi connectivity index (χ1n) is 10.2. The van der Waals surface area contributed by atoms with Crippen LogP contribution in [0.15, 0.2) is 59.9 Å². The summed E-state index contributed by atoms with van der Waals surface area (Å²) >= 11 is 1.24. The largest absolute Gasteiger partial charge is 0.390 e. The van der Waals surface area contributed by atoms with Gasteiger partial charge in [0.05, 0.1) is 24.3 Å². The molecule has 2 heterocycles. The predicted molar refractivity (Wildman–Crippen MR) is 120 cm³/mol. The van der Waals surface area contributed by atoms with Crippen molar-refractivity contribution in [2.45, 2.75) is 31.3 Å². The van der Waals surface area contributed by atoms with Gasteiger partial charge in [-0.2, -0.15) is 0 Å². The molecule has 2 amide bonds. The SMILES string of the molecule is O=C(Cn1c(CO)cnc1SCC(=O)N1CCc2ccccc21)NCc1ccc(F)cc1. The maximum atomic E-state index is 13.0. The molecule has 0 saturated carbocycles. The smallest absolute Gasteiger partial charge is 0.240 e. The van der Waals surface area contributed by atoms with E-state index in [0.29, 0.717) is 17.4 Å². The zero-order valence-electron chi connectivity index (χ0n) is 17.3. The minimum Gasteiger partial charge on any atom is -0.390 e. The molecule has 0 radical (unpaired) electrons. The summed E-state index contributed by atoms with van der Waals surface area (Å²) in [5.41, 5.74) is 3.37. The number of rotatable bonds is 8. The zero-order chi connectivity index (χ0) is 22.5. The third-order valence-corrected chi connectivity index (χ3v) is 6.26. The highest BCUT2D eigenvalue weighted by Crippen LogP contribution is 2.29. The Kier molecular flexibility index (Phi) is 6.87. The summed E-state index contributed by atoms with van der Waals surface area (Å²) in [6.07, 6.45) is 2.34. The van der Waals surface area contributed by atoms with Gasteiger partial charge in [0.25, 0.3) is 0 Å². The second-order valence-corrected chi connectivity index (χ2v) is 8.33. The van der Waals surface area contributed by atoms with Gasteiger partial charge >= 0.3 is 0 Å². The first-order chi connectivity index (χ1) is 15.5. The Labute approximate surface area is 189 Å². The lowest BCUT2D eigenvalue weighted by molar-refractivity contribution is -0.122. The number of anilines is 1. The maximum Gasteiger partial charge on any atom is 0.240 e. The molecular formula is C23H23FN4O3S. The molecule has 1 aliphatic rings. The number of aliphatic hydroxyl groups is 1. The Morgan fingerprint density at radius 1 is 1.16 bits per heavy atom. The molecule has 0 spiro atoms. The van der Waals surface area contributed by atoms with Gasteiger partial charge in [-0.1, -0.05) is 42.1 Å². The summed E-state index contributed by atoms with van der Waals surface area (Å²) in [4.78, 5) is 31.3. The van der Waals surface area contributed by atoms with E-state index in [1.165, 1.54) is 30.1 Å². The molecule has 2 N–H and O–H groups in total. The van der Waals surface area contributed by atoms with Crippen molar-refractivity contribution in [3.8, 4) is 0 Å². The van der Waals surface area contributed by atoms with E-state index in [9.17, 15) is 19.1 Å². The van der Waals surface area contributed by atoms with Crippen molar-refractivity contribution in [1.82, 2.24) is 14.9 Å². The molecule has 0 atom stereocenters. The molecule has 32 heavy (non-hydrogen) atoms. The van der Waals surface area contributed by atoms with Gasteiger partial charge in [0.1, 0.15) is 12.4 Å². The average Bonchev–Trinajstić information content (AvgIpc) is 3.41. The monoisotopic (exact) mass is 454 g/mol. The Morgan fingerprint density at radius 2 is 1.94 bits per heavy atom. The zero-order valence-corrected chi connectivity index (χ0v) is 18.1. The number of aromatic nitrogens is 2. The number of carbonyl (C=O) groups is 2. The van der Waals surface area contributed by atoms with Crippen LogP contribution in [-0.4, -0.2) is 38.8 Å². The number of halogens is 1. The number of nitrogens with one attached hydrogen (secondary N) is 1. The van der Waals surface area contributed by atoms with Crippen LogP contribution in [0.5, 0.6) is 0 Å². The minimum atomic E-state index is -0.334. The number of hydrogen-bond donors (Lipinski definition) is 2. The van der Waals surface area contributed by atoms with Gasteiger partial charge in [0.15, 0.2) is 5.16 Å². The van der Waals surface area contributed by atoms with Crippen LogP contribution < -0.4 is 10.2 Å². The van der Waals surface area contributed by atoms with Crippen LogP contribution in [0.3, 0.4) is 0 Å². The van der Waals surface area contributed by atoms with Crippen LogP contribution in [0.25, 0.3) is 0 Å². The van der Waals surface area contributed by atoms with Gasteiger partial charge in [-0.3, -0.25) is 9.59 Å². The summed E-state index contributed by atoms with van der Waals surface area (Å²) in [6, 6.07) is 13.8. The van der Waals surface area contributed by atoms with Crippen molar-refractivity contribution in [1.29, 1.82) is 0 Å². The van der Waals surface area contributed by atoms with Crippen LogP contribution in [0.4, 0.5) is 10.1 Å². The van der Waals surface area contributed by atoms with Crippen molar-refractivity contribution in [3.05, 3.63) is 77.4 Å². The molecule has 1 aliphatic heterocycles. The first kappa shape index (κ1) is 22.0. The molecule has 7 nitrogen and oxygen atoms in total. The number of thioether (sulfide) groups is 1. The number of fused-ring (bicyclic) bond motifs is 1. The molecule has 0 aliphatic carbocycles. The predicted octanol–water partition coefficient (Wildman–Crippen LogP) is 2.51. The molecule has 2 aromatic carbocycles. The number of hydrogen-bond acceptors (Lipinski definition) is 5. The molecule has 166 valence electrons. The summed E-state index contributed by atoms with van der Waals surface area (Å²) in [5, 5.41) is 12.9. The van der Waals surface area contributed by atoms with Crippen molar-refractivity contribution in [3.63, 3.8) is 0 Å². The summed E-state index contributed by atoms with van der Waals surface area (Å²) < 4.78 is 14.6. The molecule has 3 aromatic rings. The van der Waals surface area contributed by atoms with Crippen molar-refractivity contribution in [2.75, 3.05) is 17.2 Å². The summed E-state index contributed by atoms with van der Waals surface area (Å²) in [5.74, 6) is -0.461. The lowest BCUT2D eigenvalue weighted by atomic mass is 10.2. The number of carbonyl (C=O) groups excluding carboxylic acids is 2. The van der Waals surface area contributed by atoms with Gasteiger partial charge in [-0.05, 0) is 35.7 Å². The third-order valence-electron chi connectivity index (χ3n) is 5.28. The van der Waals surface area contributed by atoms with Crippen molar-refractivity contribution in [2.24, 2.45) is 0 Å². The van der Waals surface area contributed by atoms with E-state index in [1.807, 2.05) is 24.3 Å². The van der Waals surface area contributed by atoms with Gasteiger partial charge in [-0.25, -0.2) is 9.37 Å². The van der Waals surface area contributed by atoms with Crippen LogP contribution in [0.2, 0.25) is 0 Å². The topological polar surface area (TPSA) is 87.5 Å². The number of imidazole rings is 1. The molecular weight excluding hydrogens is 431 g/mol. The van der Waals surface area contributed by atoms with Gasteiger partial charge in [0.2, 0.25) is 11.8 Å². The van der Waals surface area contributed by atoms with Crippen LogP contribution in [0, 0.1) is 5.82 Å². The molecule has 1 aromatic heterocycles. The first-order valence-corrected chi connectivity index (χ1v) is 11.2. The minimum absolute atomic E-state index is 0.0270. The molecule has 9 heteroatoms. The fourth-order valence-electron chi connectivity index (χ4n) is 3.61. The quantitative estimate of drug-likeness (QED) is 0.511. The molecule has 0 fully saturated rings. The summed E-state index contributed by atoms with van der Waals surface area (Å²) in [7, 11) is 0. The van der Waals surface area contributed by atoms with Crippen LogP contribution >= 0.6 is 11.8 Å². The average molecular weight is 455 g/mol. The van der Waals surface area contributed by atoms with Gasteiger partial charge in [0, 0.05) is 18.8 Å². The fraction of sp³-hybridized carbons (Fsp3) is 0.261. The second kappa shape index (κ2) is 9.97. The molecule has 0 bridgehead atoms. The van der Waals surface area contributed by atoms with E-state index < -0.39 is 0 Å². The lowest BCUT2D eigenvalue weighted by Crippen LogP contribution is -2.31. The van der Waals surface area contributed by atoms with E-state index in [2.05, 4.69) is 10.3 Å². The molecule has 0 saturated heterocycles. The van der Waals surface area contributed by atoms with Gasteiger partial charge < -0.3 is 19.9 Å². The molecule has 0 unspecified atom stereocenters. The van der Waals surface area contributed by atoms with Crippen molar-refractivity contribution >= 4 is 29.3 Å². The van der Waals surface area contributed by atoms with E-state index >= 15 is 0 Å². The number of para-hydroxylation sites is 1. The van der Waals surface area contributed by atoms with Gasteiger partial charge in [-0.15, -0.1) is 0 Å².